The van der Waals surface area contributed by atoms with Gasteiger partial charge in [0.2, 0.25) is 5.43 Å². The van der Waals surface area contributed by atoms with Crippen LogP contribution < -0.4 is 19.8 Å². The van der Waals surface area contributed by atoms with E-state index < -0.39 is 0 Å². The Balaban J connectivity index is 1.56. The summed E-state index contributed by atoms with van der Waals surface area (Å²) >= 11 is 0. The van der Waals surface area contributed by atoms with Crippen LogP contribution in [0.4, 0.5) is 5.69 Å². The van der Waals surface area contributed by atoms with Crippen LogP contribution in [0.2, 0.25) is 0 Å². The number of hydrogen-bond acceptors (Lipinski definition) is 5. The third-order valence-electron chi connectivity index (χ3n) is 4.36. The van der Waals surface area contributed by atoms with Crippen LogP contribution >= 0.6 is 0 Å². The number of nitrogens with zero attached hydrogens (tertiary/aromatic N) is 2. The Morgan fingerprint density at radius 3 is 2.33 bits per heavy atom. The Bertz CT molecular complexity index is 719. The second-order valence-corrected chi connectivity index (χ2v) is 5.85. The van der Waals surface area contributed by atoms with E-state index in [9.17, 15) is 4.79 Å². The number of anilines is 1. The van der Waals surface area contributed by atoms with E-state index >= 15 is 0 Å². The minimum atomic E-state index is -0.0804. The molecule has 128 valence electrons. The maximum atomic E-state index is 11.8. The molecular formula is C18H23N3O3. The van der Waals surface area contributed by atoms with Gasteiger partial charge in [-0.05, 0) is 24.3 Å². The van der Waals surface area contributed by atoms with E-state index in [0.717, 1.165) is 44.2 Å². The first-order chi connectivity index (χ1) is 11.7. The van der Waals surface area contributed by atoms with Crippen LogP contribution in [0.25, 0.3) is 0 Å². The lowest BCUT2D eigenvalue weighted by atomic mass is 10.2. The number of aromatic amines is 1. The number of methoxy groups -OCH3 is 2. The van der Waals surface area contributed by atoms with E-state index in [1.807, 2.05) is 12.1 Å². The summed E-state index contributed by atoms with van der Waals surface area (Å²) in [4.78, 5) is 19.7. The topological polar surface area (TPSA) is 57.8 Å². The van der Waals surface area contributed by atoms with Crippen molar-refractivity contribution < 1.29 is 9.47 Å². The highest BCUT2D eigenvalue weighted by Crippen LogP contribution is 2.20. The smallest absolute Gasteiger partial charge is 0.223 e. The normalized spacial score (nSPS) is 15.3. The monoisotopic (exact) mass is 329 g/mol. The van der Waals surface area contributed by atoms with Crippen molar-refractivity contribution in [3.8, 4) is 11.5 Å². The first kappa shape index (κ1) is 16.4. The van der Waals surface area contributed by atoms with Gasteiger partial charge in [0.25, 0.3) is 0 Å². The van der Waals surface area contributed by atoms with Gasteiger partial charge in [0.1, 0.15) is 5.75 Å². The molecule has 3 rings (SSSR count). The lowest BCUT2D eigenvalue weighted by Crippen LogP contribution is -2.46. The Hall–Kier alpha value is -2.47. The van der Waals surface area contributed by atoms with Crippen LogP contribution in [0, 0.1) is 0 Å². The first-order valence-corrected chi connectivity index (χ1v) is 8.06. The van der Waals surface area contributed by atoms with Gasteiger partial charge in [-0.1, -0.05) is 0 Å². The molecule has 0 spiro atoms. The molecule has 1 aliphatic heterocycles. The minimum Gasteiger partial charge on any atom is -0.497 e. The summed E-state index contributed by atoms with van der Waals surface area (Å²) in [5, 5.41) is 0. The molecule has 0 saturated carbocycles. The van der Waals surface area contributed by atoms with Crippen molar-refractivity contribution in [1.82, 2.24) is 9.88 Å². The molecule has 6 heteroatoms. The molecule has 6 nitrogen and oxygen atoms in total. The molecule has 2 aromatic rings. The van der Waals surface area contributed by atoms with Crippen molar-refractivity contribution >= 4 is 5.69 Å². The molecule has 0 atom stereocenters. The third-order valence-corrected chi connectivity index (χ3v) is 4.36. The molecule has 0 amide bonds. The average molecular weight is 329 g/mol. The number of pyridine rings is 1. The van der Waals surface area contributed by atoms with Crippen molar-refractivity contribution in [3.63, 3.8) is 0 Å². The highest BCUT2D eigenvalue weighted by molar-refractivity contribution is 5.49. The second kappa shape index (κ2) is 7.40. The quantitative estimate of drug-likeness (QED) is 0.905. The van der Waals surface area contributed by atoms with E-state index in [-0.39, 0.29) is 5.43 Å². The van der Waals surface area contributed by atoms with E-state index in [1.165, 1.54) is 12.8 Å². The third kappa shape index (κ3) is 3.71. The Morgan fingerprint density at radius 1 is 1.04 bits per heavy atom. The summed E-state index contributed by atoms with van der Waals surface area (Å²) in [6, 6.07) is 9.78. The van der Waals surface area contributed by atoms with Gasteiger partial charge in [0.15, 0.2) is 5.75 Å². The molecule has 1 fully saturated rings. The molecule has 0 bridgehead atoms. The van der Waals surface area contributed by atoms with Gasteiger partial charge in [-0.2, -0.15) is 0 Å². The van der Waals surface area contributed by atoms with Crippen molar-refractivity contribution in [2.24, 2.45) is 0 Å². The maximum absolute atomic E-state index is 11.8. The largest absolute Gasteiger partial charge is 0.497 e. The van der Waals surface area contributed by atoms with Gasteiger partial charge in [-0.3, -0.25) is 9.69 Å². The predicted octanol–water partition coefficient (Wildman–Crippen LogP) is 1.71. The SMILES string of the molecule is COc1ccc(N2CCN(Cc3cc(=O)c(OC)c[nH]3)CC2)cc1. The summed E-state index contributed by atoms with van der Waals surface area (Å²) in [5.41, 5.74) is 2.05. The zero-order valence-electron chi connectivity index (χ0n) is 14.1. The molecule has 2 heterocycles. The molecule has 1 aromatic carbocycles. The Kier molecular flexibility index (Phi) is 5.05. The van der Waals surface area contributed by atoms with Gasteiger partial charge in [-0.25, -0.2) is 0 Å². The van der Waals surface area contributed by atoms with Crippen LogP contribution in [-0.4, -0.2) is 50.3 Å². The Labute approximate surface area is 141 Å². The van der Waals surface area contributed by atoms with E-state index in [1.54, 1.807) is 19.4 Å². The fraction of sp³-hybridized carbons (Fsp3) is 0.389. The lowest BCUT2D eigenvalue weighted by Gasteiger charge is -2.36. The van der Waals surface area contributed by atoms with Crippen molar-refractivity contribution in [1.29, 1.82) is 0 Å². The lowest BCUT2D eigenvalue weighted by molar-refractivity contribution is 0.247. The van der Waals surface area contributed by atoms with Crippen LogP contribution in [0.1, 0.15) is 5.69 Å². The van der Waals surface area contributed by atoms with E-state index in [0.29, 0.717) is 5.75 Å². The molecule has 0 radical (unpaired) electrons. The summed E-state index contributed by atoms with van der Waals surface area (Å²) in [6.45, 7) is 4.59. The molecule has 1 N–H and O–H groups in total. The highest BCUT2D eigenvalue weighted by atomic mass is 16.5. The number of benzene rings is 1. The number of ether oxygens (including phenoxy) is 2. The Morgan fingerprint density at radius 2 is 1.75 bits per heavy atom. The van der Waals surface area contributed by atoms with Crippen LogP contribution in [0.15, 0.2) is 41.3 Å². The van der Waals surface area contributed by atoms with Crippen molar-refractivity contribution in [3.05, 3.63) is 52.4 Å². The number of piperazine rings is 1. The summed E-state index contributed by atoms with van der Waals surface area (Å²) in [6.07, 6.45) is 1.63. The number of hydrogen-bond donors (Lipinski definition) is 1. The fourth-order valence-electron chi connectivity index (χ4n) is 2.95. The van der Waals surface area contributed by atoms with Gasteiger partial charge in [0.05, 0.1) is 14.2 Å². The molecule has 1 aliphatic rings. The van der Waals surface area contributed by atoms with Crippen LogP contribution in [-0.2, 0) is 6.54 Å². The number of rotatable bonds is 5. The molecule has 0 unspecified atom stereocenters. The molecule has 1 saturated heterocycles. The van der Waals surface area contributed by atoms with Gasteiger partial charge in [0, 0.05) is 56.4 Å². The van der Waals surface area contributed by atoms with Gasteiger partial charge in [-0.15, -0.1) is 0 Å². The zero-order valence-corrected chi connectivity index (χ0v) is 14.1. The summed E-state index contributed by atoms with van der Waals surface area (Å²) in [5.74, 6) is 1.23. The van der Waals surface area contributed by atoms with Gasteiger partial charge >= 0.3 is 0 Å². The fourth-order valence-corrected chi connectivity index (χ4v) is 2.95. The molecular weight excluding hydrogens is 306 g/mol. The molecule has 0 aliphatic carbocycles. The number of nitrogens with one attached hydrogen (secondary N) is 1. The molecule has 24 heavy (non-hydrogen) atoms. The van der Waals surface area contributed by atoms with E-state index in [2.05, 4.69) is 26.9 Å². The summed E-state index contributed by atoms with van der Waals surface area (Å²) in [7, 11) is 3.18. The second-order valence-electron chi connectivity index (χ2n) is 5.85. The van der Waals surface area contributed by atoms with Crippen LogP contribution in [0.3, 0.4) is 0 Å². The number of aromatic nitrogens is 1. The average Bonchev–Trinajstić information content (AvgIpc) is 2.63. The van der Waals surface area contributed by atoms with Crippen molar-refractivity contribution in [2.75, 3.05) is 45.3 Å². The van der Waals surface area contributed by atoms with Gasteiger partial charge < -0.3 is 19.4 Å². The first-order valence-electron chi connectivity index (χ1n) is 8.06. The van der Waals surface area contributed by atoms with Crippen LogP contribution in [0.5, 0.6) is 11.5 Å². The standard InChI is InChI=1S/C18H23N3O3/c1-23-16-5-3-15(4-6-16)21-9-7-20(8-10-21)13-14-11-17(22)18(24-2)12-19-14/h3-6,11-12H,7-10,13H2,1-2H3,(H,19,22). The van der Waals surface area contributed by atoms with E-state index in [4.69, 9.17) is 9.47 Å². The zero-order chi connectivity index (χ0) is 16.9. The predicted molar refractivity (Wildman–Crippen MR) is 94.1 cm³/mol. The highest BCUT2D eigenvalue weighted by Gasteiger charge is 2.17. The minimum absolute atomic E-state index is 0.0804. The maximum Gasteiger partial charge on any atom is 0.223 e. The summed E-state index contributed by atoms with van der Waals surface area (Å²) < 4.78 is 10.2. The molecule has 1 aromatic heterocycles. The van der Waals surface area contributed by atoms with Crippen molar-refractivity contribution in [2.45, 2.75) is 6.54 Å². The number of H-pyrrole nitrogens is 1.